The van der Waals surface area contributed by atoms with Crippen molar-refractivity contribution in [1.29, 1.82) is 0 Å². The smallest absolute Gasteiger partial charge is 0.422 e. The molecular formula is C14H19NO5S. The lowest BCUT2D eigenvalue weighted by Gasteiger charge is -2.26. The fourth-order valence-corrected chi connectivity index (χ4v) is 3.34. The van der Waals surface area contributed by atoms with Crippen molar-refractivity contribution in [2.45, 2.75) is 38.1 Å². The summed E-state index contributed by atoms with van der Waals surface area (Å²) in [5.41, 5.74) is 0.852. The Morgan fingerprint density at radius 1 is 1.29 bits per heavy atom. The van der Waals surface area contributed by atoms with E-state index in [-0.39, 0.29) is 21.5 Å². The minimum Gasteiger partial charge on any atom is -0.464 e. The van der Waals surface area contributed by atoms with Crippen molar-refractivity contribution in [3.63, 3.8) is 0 Å². The Hall–Kier alpha value is -1.89. The maximum atomic E-state index is 12.5. The highest BCUT2D eigenvalue weighted by atomic mass is 32.2. The molecule has 0 saturated carbocycles. The van der Waals surface area contributed by atoms with Gasteiger partial charge in [0.15, 0.2) is 0 Å². The summed E-state index contributed by atoms with van der Waals surface area (Å²) in [6, 6.07) is 4.58. The molecule has 0 aromatic heterocycles. The highest BCUT2D eigenvalue weighted by molar-refractivity contribution is 7.89. The molecule has 0 unspecified atom stereocenters. The van der Waals surface area contributed by atoms with Crippen LogP contribution in [0.1, 0.15) is 25.8 Å². The number of carbonyl (C=O) groups excluding carboxylic acids is 1. The fourth-order valence-electron chi connectivity index (χ4n) is 1.94. The van der Waals surface area contributed by atoms with Gasteiger partial charge in [0, 0.05) is 0 Å². The number of nitrogens with zero attached hydrogens (tertiary/aromatic N) is 1. The molecule has 21 heavy (non-hydrogen) atoms. The molecule has 1 rings (SSSR count). The second-order valence-corrected chi connectivity index (χ2v) is 7.04. The van der Waals surface area contributed by atoms with Gasteiger partial charge in [0.2, 0.25) is 0 Å². The topological polar surface area (TPSA) is 91.8 Å². The monoisotopic (exact) mass is 313 g/mol. The number of aldehydes is 1. The number of aryl methyl sites for hydroxylation is 1. The largest absolute Gasteiger partial charge is 0.464 e. The third-order valence-electron chi connectivity index (χ3n) is 2.94. The normalized spacial score (nSPS) is 13.0. The molecule has 0 aliphatic rings. The number of rotatable bonds is 6. The highest BCUT2D eigenvalue weighted by Gasteiger charge is 2.36. The maximum Gasteiger partial charge on any atom is 0.422 e. The zero-order chi connectivity index (χ0) is 16.2. The van der Waals surface area contributed by atoms with E-state index in [4.69, 9.17) is 0 Å². The second-order valence-electron chi connectivity index (χ2n) is 5.23. The van der Waals surface area contributed by atoms with Crippen molar-refractivity contribution in [3.05, 3.63) is 29.8 Å². The summed E-state index contributed by atoms with van der Waals surface area (Å²) in [4.78, 5) is 22.4. The van der Waals surface area contributed by atoms with Crippen LogP contribution in [0.3, 0.4) is 0 Å². The maximum absolute atomic E-state index is 12.5. The Morgan fingerprint density at radius 3 is 2.19 bits per heavy atom. The van der Waals surface area contributed by atoms with Gasteiger partial charge in [0.1, 0.15) is 12.3 Å². The molecule has 6 nitrogen and oxygen atoms in total. The molecule has 0 aliphatic carbocycles. The molecule has 0 bridgehead atoms. The summed E-state index contributed by atoms with van der Waals surface area (Å²) in [6.45, 7) is 5.36. The SMILES string of the molecule is Cc1ccc(S(=O)(=O)N(C(=O)O)[C@@H](C=O)CC(C)C)cc1. The lowest BCUT2D eigenvalue weighted by molar-refractivity contribution is -0.111. The van der Waals surface area contributed by atoms with Gasteiger partial charge in [-0.15, -0.1) is 0 Å². The number of carbonyl (C=O) groups is 2. The summed E-state index contributed by atoms with van der Waals surface area (Å²) >= 11 is 0. The predicted molar refractivity (Wildman–Crippen MR) is 77.5 cm³/mol. The highest BCUT2D eigenvalue weighted by Crippen LogP contribution is 2.21. The van der Waals surface area contributed by atoms with Crippen LogP contribution in [0, 0.1) is 12.8 Å². The molecule has 1 atom stereocenters. The summed E-state index contributed by atoms with van der Waals surface area (Å²) in [5, 5.41) is 9.23. The molecule has 116 valence electrons. The van der Waals surface area contributed by atoms with E-state index < -0.39 is 22.2 Å². The molecule has 0 fully saturated rings. The van der Waals surface area contributed by atoms with E-state index in [1.807, 2.05) is 0 Å². The number of hydrogen-bond donors (Lipinski definition) is 1. The van der Waals surface area contributed by atoms with Crippen molar-refractivity contribution in [3.8, 4) is 0 Å². The van der Waals surface area contributed by atoms with Crippen molar-refractivity contribution in [2.24, 2.45) is 5.92 Å². The molecule has 1 N–H and O–H groups in total. The van der Waals surface area contributed by atoms with Crippen molar-refractivity contribution < 1.29 is 23.1 Å². The number of hydrogen-bond acceptors (Lipinski definition) is 4. The van der Waals surface area contributed by atoms with Gasteiger partial charge in [0.25, 0.3) is 10.0 Å². The van der Waals surface area contributed by atoms with Crippen molar-refractivity contribution in [1.82, 2.24) is 4.31 Å². The molecule has 7 heteroatoms. The average Bonchev–Trinajstić information content (AvgIpc) is 2.37. The fraction of sp³-hybridized carbons (Fsp3) is 0.429. The van der Waals surface area contributed by atoms with Crippen LogP contribution in [0.4, 0.5) is 4.79 Å². The van der Waals surface area contributed by atoms with Crippen LogP contribution in [0.15, 0.2) is 29.2 Å². The van der Waals surface area contributed by atoms with E-state index >= 15 is 0 Å². The van der Waals surface area contributed by atoms with Crippen LogP contribution in [0.25, 0.3) is 0 Å². The van der Waals surface area contributed by atoms with Gasteiger partial charge >= 0.3 is 6.09 Å². The quantitative estimate of drug-likeness (QED) is 0.813. The third kappa shape index (κ3) is 4.04. The molecule has 1 aromatic rings. The lowest BCUT2D eigenvalue weighted by Crippen LogP contribution is -2.45. The summed E-state index contributed by atoms with van der Waals surface area (Å²) in [7, 11) is -4.27. The van der Waals surface area contributed by atoms with Gasteiger partial charge in [0.05, 0.1) is 4.90 Å². The molecule has 0 spiro atoms. The Balaban J connectivity index is 3.28. The van der Waals surface area contributed by atoms with E-state index in [0.29, 0.717) is 6.29 Å². The van der Waals surface area contributed by atoms with Crippen LogP contribution < -0.4 is 0 Å². The van der Waals surface area contributed by atoms with E-state index in [1.165, 1.54) is 12.1 Å². The number of benzene rings is 1. The van der Waals surface area contributed by atoms with Crippen LogP contribution in [-0.4, -0.2) is 36.3 Å². The Labute approximate surface area is 124 Å². The molecular weight excluding hydrogens is 294 g/mol. The second kappa shape index (κ2) is 6.71. The zero-order valence-electron chi connectivity index (χ0n) is 12.2. The average molecular weight is 313 g/mol. The Kier molecular flexibility index (Phi) is 5.48. The van der Waals surface area contributed by atoms with Gasteiger partial charge < -0.3 is 9.90 Å². The molecule has 0 saturated heterocycles. The number of carboxylic acid groups (broad SMARTS) is 1. The van der Waals surface area contributed by atoms with Gasteiger partial charge in [-0.2, -0.15) is 4.31 Å². The molecule has 1 amide bonds. The molecule has 0 heterocycles. The van der Waals surface area contributed by atoms with Crippen LogP contribution >= 0.6 is 0 Å². The minimum atomic E-state index is -4.27. The van der Waals surface area contributed by atoms with E-state index in [2.05, 4.69) is 0 Å². The summed E-state index contributed by atoms with van der Waals surface area (Å²) in [6.07, 6.45) is -1.16. The van der Waals surface area contributed by atoms with Gasteiger partial charge in [-0.25, -0.2) is 13.2 Å². The van der Waals surface area contributed by atoms with Gasteiger partial charge in [-0.05, 0) is 31.4 Å². The third-order valence-corrected chi connectivity index (χ3v) is 4.75. The first-order valence-corrected chi connectivity index (χ1v) is 7.93. The van der Waals surface area contributed by atoms with Crippen molar-refractivity contribution in [2.75, 3.05) is 0 Å². The first-order valence-electron chi connectivity index (χ1n) is 6.49. The van der Waals surface area contributed by atoms with E-state index in [9.17, 15) is 23.1 Å². The lowest BCUT2D eigenvalue weighted by atomic mass is 10.1. The van der Waals surface area contributed by atoms with Crippen LogP contribution in [-0.2, 0) is 14.8 Å². The summed E-state index contributed by atoms with van der Waals surface area (Å²) in [5.74, 6) is -0.0183. The number of sulfonamides is 1. The van der Waals surface area contributed by atoms with Crippen molar-refractivity contribution >= 4 is 22.4 Å². The first kappa shape index (κ1) is 17.2. The minimum absolute atomic E-state index is 0.0183. The van der Waals surface area contributed by atoms with Gasteiger partial charge in [-0.3, -0.25) is 0 Å². The van der Waals surface area contributed by atoms with E-state index in [0.717, 1.165) is 5.56 Å². The van der Waals surface area contributed by atoms with E-state index in [1.54, 1.807) is 32.9 Å². The molecule has 0 aliphatic heterocycles. The Morgan fingerprint density at radius 2 is 1.81 bits per heavy atom. The Bertz CT molecular complexity index is 607. The van der Waals surface area contributed by atoms with Crippen LogP contribution in [0.2, 0.25) is 0 Å². The standard InChI is InChI=1S/C14H19NO5S/c1-10(2)8-12(9-16)15(14(17)18)21(19,20)13-6-4-11(3)5-7-13/h4-7,9-10,12H,8H2,1-3H3,(H,17,18)/t12-/m1/s1. The molecule has 1 aromatic carbocycles. The van der Waals surface area contributed by atoms with Gasteiger partial charge in [-0.1, -0.05) is 31.5 Å². The van der Waals surface area contributed by atoms with Crippen LogP contribution in [0.5, 0.6) is 0 Å². The number of amides is 1. The first-order chi connectivity index (χ1) is 9.70. The summed E-state index contributed by atoms with van der Waals surface area (Å²) < 4.78 is 25.1. The zero-order valence-corrected chi connectivity index (χ0v) is 13.0. The molecule has 0 radical (unpaired) electrons. The predicted octanol–water partition coefficient (Wildman–Crippen LogP) is 2.28.